The molecule has 124 valence electrons. The van der Waals surface area contributed by atoms with Crippen LogP contribution >= 0.6 is 0 Å². The van der Waals surface area contributed by atoms with Gasteiger partial charge in [-0.1, -0.05) is 32.6 Å². The predicted molar refractivity (Wildman–Crippen MR) is 101 cm³/mol. The summed E-state index contributed by atoms with van der Waals surface area (Å²) in [7, 11) is 0. The second-order valence-electron chi connectivity index (χ2n) is 6.34. The summed E-state index contributed by atoms with van der Waals surface area (Å²) in [6.45, 7) is 9.89. The highest BCUT2D eigenvalue weighted by molar-refractivity contribution is 5.83. The van der Waals surface area contributed by atoms with Gasteiger partial charge in [0.2, 0.25) is 0 Å². The van der Waals surface area contributed by atoms with Gasteiger partial charge in [-0.3, -0.25) is 4.99 Å². The lowest BCUT2D eigenvalue weighted by molar-refractivity contribution is 0.617. The SMILES string of the molecule is C=CNc1c(C)c(F)cc(-c2ccc3c(c2)N=CC3)c1C(C)CC. The molecule has 0 saturated heterocycles. The fourth-order valence-corrected chi connectivity index (χ4v) is 3.28. The first kappa shape index (κ1) is 16.4. The Labute approximate surface area is 143 Å². The normalized spacial score (nSPS) is 13.7. The van der Waals surface area contributed by atoms with E-state index in [9.17, 15) is 4.39 Å². The van der Waals surface area contributed by atoms with Crippen LogP contribution < -0.4 is 5.32 Å². The minimum atomic E-state index is -0.203. The van der Waals surface area contributed by atoms with Crippen molar-refractivity contribution >= 4 is 17.6 Å². The zero-order valence-corrected chi connectivity index (χ0v) is 14.5. The molecule has 2 aromatic carbocycles. The monoisotopic (exact) mass is 322 g/mol. The van der Waals surface area contributed by atoms with Gasteiger partial charge in [0.25, 0.3) is 0 Å². The van der Waals surface area contributed by atoms with Crippen LogP contribution in [-0.2, 0) is 6.42 Å². The molecule has 1 unspecified atom stereocenters. The molecule has 0 amide bonds. The molecule has 1 N–H and O–H groups in total. The number of benzene rings is 2. The molecule has 0 aromatic heterocycles. The molecule has 2 nitrogen and oxygen atoms in total. The highest BCUT2D eigenvalue weighted by Crippen LogP contribution is 2.41. The molecule has 3 rings (SSSR count). The molecule has 0 bridgehead atoms. The highest BCUT2D eigenvalue weighted by atomic mass is 19.1. The quantitative estimate of drug-likeness (QED) is 0.703. The highest BCUT2D eigenvalue weighted by Gasteiger charge is 2.21. The molecule has 2 aromatic rings. The van der Waals surface area contributed by atoms with Crippen LogP contribution in [0.1, 0.15) is 42.9 Å². The van der Waals surface area contributed by atoms with Gasteiger partial charge in [-0.2, -0.15) is 0 Å². The maximum atomic E-state index is 14.6. The van der Waals surface area contributed by atoms with Gasteiger partial charge in [0.1, 0.15) is 5.82 Å². The third-order valence-electron chi connectivity index (χ3n) is 4.85. The van der Waals surface area contributed by atoms with Crippen LogP contribution in [0.25, 0.3) is 11.1 Å². The first-order chi connectivity index (χ1) is 11.6. The Balaban J connectivity index is 2.26. The molecule has 24 heavy (non-hydrogen) atoms. The molecule has 1 aliphatic rings. The number of hydrogen-bond donors (Lipinski definition) is 1. The summed E-state index contributed by atoms with van der Waals surface area (Å²) in [5.41, 5.74) is 6.75. The average molecular weight is 322 g/mol. The molecule has 0 fully saturated rings. The van der Waals surface area contributed by atoms with Gasteiger partial charge in [-0.25, -0.2) is 4.39 Å². The van der Waals surface area contributed by atoms with E-state index in [2.05, 4.69) is 48.9 Å². The van der Waals surface area contributed by atoms with E-state index in [1.165, 1.54) is 5.56 Å². The van der Waals surface area contributed by atoms with E-state index in [0.717, 1.165) is 40.9 Å². The Bertz CT molecular complexity index is 821. The third-order valence-corrected chi connectivity index (χ3v) is 4.85. The Morgan fingerprint density at radius 3 is 2.88 bits per heavy atom. The molecule has 0 spiro atoms. The lowest BCUT2D eigenvalue weighted by Crippen LogP contribution is -2.05. The van der Waals surface area contributed by atoms with Crippen LogP contribution in [0.3, 0.4) is 0 Å². The molecular formula is C21H23FN2. The fraction of sp³-hybridized carbons (Fsp3) is 0.286. The van der Waals surface area contributed by atoms with Gasteiger partial charge in [-0.15, -0.1) is 0 Å². The van der Waals surface area contributed by atoms with Crippen LogP contribution in [0.4, 0.5) is 15.8 Å². The topological polar surface area (TPSA) is 24.4 Å². The van der Waals surface area contributed by atoms with Crippen LogP contribution in [0.5, 0.6) is 0 Å². The van der Waals surface area contributed by atoms with Crippen molar-refractivity contribution in [1.29, 1.82) is 0 Å². The molecule has 1 heterocycles. The predicted octanol–water partition coefficient (Wildman–Crippen LogP) is 6.13. The van der Waals surface area contributed by atoms with E-state index < -0.39 is 0 Å². The van der Waals surface area contributed by atoms with Gasteiger partial charge < -0.3 is 5.32 Å². The van der Waals surface area contributed by atoms with Crippen molar-refractivity contribution in [1.82, 2.24) is 0 Å². The van der Waals surface area contributed by atoms with E-state index in [0.29, 0.717) is 11.5 Å². The van der Waals surface area contributed by atoms with Crippen molar-refractivity contribution in [3.05, 3.63) is 59.6 Å². The summed E-state index contributed by atoms with van der Waals surface area (Å²) in [4.78, 5) is 4.43. The summed E-state index contributed by atoms with van der Waals surface area (Å²) >= 11 is 0. The Morgan fingerprint density at radius 1 is 1.38 bits per heavy atom. The van der Waals surface area contributed by atoms with Gasteiger partial charge >= 0.3 is 0 Å². The number of nitrogens with one attached hydrogen (secondary N) is 1. The minimum absolute atomic E-state index is 0.203. The van der Waals surface area contributed by atoms with Crippen LogP contribution in [-0.4, -0.2) is 6.21 Å². The van der Waals surface area contributed by atoms with Gasteiger partial charge in [-0.05, 0) is 59.8 Å². The first-order valence-electron chi connectivity index (χ1n) is 8.43. The smallest absolute Gasteiger partial charge is 0.128 e. The van der Waals surface area contributed by atoms with Gasteiger partial charge in [0.05, 0.1) is 5.69 Å². The number of hydrogen-bond acceptors (Lipinski definition) is 2. The van der Waals surface area contributed by atoms with Crippen molar-refractivity contribution < 1.29 is 4.39 Å². The number of anilines is 1. The molecule has 0 radical (unpaired) electrons. The maximum Gasteiger partial charge on any atom is 0.128 e. The summed E-state index contributed by atoms with van der Waals surface area (Å²) in [5, 5.41) is 3.16. The minimum Gasteiger partial charge on any atom is -0.362 e. The molecule has 3 heteroatoms. The number of nitrogens with zero attached hydrogens (tertiary/aromatic N) is 1. The second-order valence-corrected chi connectivity index (χ2v) is 6.34. The van der Waals surface area contributed by atoms with Crippen LogP contribution in [0, 0.1) is 12.7 Å². The fourth-order valence-electron chi connectivity index (χ4n) is 3.28. The maximum absolute atomic E-state index is 14.6. The first-order valence-corrected chi connectivity index (χ1v) is 8.43. The summed E-state index contributed by atoms with van der Waals surface area (Å²) in [6.07, 6.45) is 5.39. The largest absolute Gasteiger partial charge is 0.362 e. The lowest BCUT2D eigenvalue weighted by atomic mass is 9.86. The molecule has 0 saturated carbocycles. The van der Waals surface area contributed by atoms with Crippen molar-refractivity contribution in [3.8, 4) is 11.1 Å². The summed E-state index contributed by atoms with van der Waals surface area (Å²) in [5.74, 6) is 0.101. The van der Waals surface area contributed by atoms with Gasteiger partial charge in [0.15, 0.2) is 0 Å². The lowest BCUT2D eigenvalue weighted by Gasteiger charge is -2.22. The van der Waals surface area contributed by atoms with Gasteiger partial charge in [0, 0.05) is 23.9 Å². The molecule has 1 atom stereocenters. The van der Waals surface area contributed by atoms with Crippen molar-refractivity contribution in [2.24, 2.45) is 4.99 Å². The zero-order chi connectivity index (χ0) is 17.3. The molecule has 0 aliphatic carbocycles. The van der Waals surface area contributed by atoms with E-state index in [-0.39, 0.29) is 5.82 Å². The Hall–Kier alpha value is -2.42. The number of aliphatic imine (C=N–C) groups is 1. The third kappa shape index (κ3) is 2.75. The Morgan fingerprint density at radius 2 is 2.17 bits per heavy atom. The number of rotatable bonds is 5. The van der Waals surface area contributed by atoms with Crippen LogP contribution in [0.15, 0.2) is 42.0 Å². The summed E-state index contributed by atoms with van der Waals surface area (Å²) in [6, 6.07) is 7.88. The van der Waals surface area contributed by atoms with E-state index >= 15 is 0 Å². The molecular weight excluding hydrogens is 299 g/mol. The van der Waals surface area contributed by atoms with E-state index in [1.54, 1.807) is 12.3 Å². The Kier molecular flexibility index (Phi) is 4.52. The second kappa shape index (κ2) is 6.60. The number of halogens is 1. The van der Waals surface area contributed by atoms with Crippen molar-refractivity contribution in [2.75, 3.05) is 5.32 Å². The average Bonchev–Trinajstić information content (AvgIpc) is 3.05. The van der Waals surface area contributed by atoms with Crippen molar-refractivity contribution in [2.45, 2.75) is 39.5 Å². The zero-order valence-electron chi connectivity index (χ0n) is 14.5. The van der Waals surface area contributed by atoms with E-state index in [4.69, 9.17) is 0 Å². The van der Waals surface area contributed by atoms with Crippen molar-refractivity contribution in [3.63, 3.8) is 0 Å². The van der Waals surface area contributed by atoms with Crippen LogP contribution in [0.2, 0.25) is 0 Å². The standard InChI is InChI=1S/C21H23FN2/c1-5-13(3)20-17(12-18(22)14(4)21(20)23-6-2)16-8-7-15-9-10-24-19(15)11-16/h6-8,10-13,23H,2,5,9H2,1,3-4H3. The number of fused-ring (bicyclic) bond motifs is 1. The van der Waals surface area contributed by atoms with E-state index in [1.807, 2.05) is 13.1 Å². The molecule has 1 aliphatic heterocycles. The summed E-state index contributed by atoms with van der Waals surface area (Å²) < 4.78 is 14.6.